The summed E-state index contributed by atoms with van der Waals surface area (Å²) in [6.07, 6.45) is 0.723. The number of morpholine rings is 1. The van der Waals surface area contributed by atoms with Crippen LogP contribution >= 0.6 is 0 Å². The van der Waals surface area contributed by atoms with Gasteiger partial charge in [0.05, 0.1) is 25.7 Å². The highest BCUT2D eigenvalue weighted by Crippen LogP contribution is 2.11. The third kappa shape index (κ3) is 4.73. The van der Waals surface area contributed by atoms with Gasteiger partial charge in [-0.1, -0.05) is 6.92 Å². The molecule has 3 N–H and O–H groups in total. The number of carbonyl (C=O) groups is 2. The van der Waals surface area contributed by atoms with Gasteiger partial charge < -0.3 is 25.4 Å². The van der Waals surface area contributed by atoms with Crippen LogP contribution in [0.1, 0.15) is 19.8 Å². The Bertz CT molecular complexity index is 321. The SMILES string of the molecule is CCCNC(=O)C1COCCN1C(=O)CC(CN)OC. The summed E-state index contributed by atoms with van der Waals surface area (Å²) in [5, 5.41) is 2.80. The van der Waals surface area contributed by atoms with E-state index < -0.39 is 6.04 Å². The van der Waals surface area contributed by atoms with E-state index >= 15 is 0 Å². The Kier molecular flexibility index (Phi) is 7.50. The standard InChI is InChI=1S/C13H25N3O4/c1-3-4-15-13(18)11-9-20-6-5-16(11)12(17)7-10(8-14)19-2/h10-11H,3-9,14H2,1-2H3,(H,15,18). The molecule has 1 saturated heterocycles. The molecule has 0 saturated carbocycles. The van der Waals surface area contributed by atoms with Crippen molar-refractivity contribution >= 4 is 11.8 Å². The van der Waals surface area contributed by atoms with E-state index in [1.54, 1.807) is 4.90 Å². The van der Waals surface area contributed by atoms with Crippen LogP contribution in [0, 0.1) is 0 Å². The zero-order valence-electron chi connectivity index (χ0n) is 12.3. The van der Waals surface area contributed by atoms with Crippen molar-refractivity contribution in [2.45, 2.75) is 31.9 Å². The molecule has 1 rings (SSSR count). The number of ether oxygens (including phenoxy) is 2. The number of nitrogens with two attached hydrogens (primary N) is 1. The Balaban J connectivity index is 2.63. The predicted molar refractivity (Wildman–Crippen MR) is 74.1 cm³/mol. The van der Waals surface area contributed by atoms with E-state index in [1.165, 1.54) is 7.11 Å². The van der Waals surface area contributed by atoms with E-state index in [2.05, 4.69) is 5.32 Å². The molecule has 0 aromatic heterocycles. The van der Waals surface area contributed by atoms with Gasteiger partial charge in [0.2, 0.25) is 11.8 Å². The molecule has 2 unspecified atom stereocenters. The minimum atomic E-state index is -0.557. The van der Waals surface area contributed by atoms with E-state index in [0.717, 1.165) is 6.42 Å². The maximum Gasteiger partial charge on any atom is 0.245 e. The van der Waals surface area contributed by atoms with Crippen LogP contribution in [0.5, 0.6) is 0 Å². The van der Waals surface area contributed by atoms with Gasteiger partial charge in [-0.15, -0.1) is 0 Å². The van der Waals surface area contributed by atoms with Gasteiger partial charge in [-0.05, 0) is 6.42 Å². The van der Waals surface area contributed by atoms with Gasteiger partial charge in [-0.25, -0.2) is 0 Å². The summed E-state index contributed by atoms with van der Waals surface area (Å²) in [6, 6.07) is -0.557. The number of hydrogen-bond acceptors (Lipinski definition) is 5. The molecule has 7 heteroatoms. The number of amides is 2. The molecule has 0 spiro atoms. The molecule has 0 radical (unpaired) electrons. The lowest BCUT2D eigenvalue weighted by molar-refractivity contribution is -0.150. The highest BCUT2D eigenvalue weighted by molar-refractivity contribution is 5.88. The third-order valence-corrected chi connectivity index (χ3v) is 3.30. The lowest BCUT2D eigenvalue weighted by Crippen LogP contribution is -2.56. The first-order valence-corrected chi connectivity index (χ1v) is 7.01. The molecule has 2 amide bonds. The molecule has 0 bridgehead atoms. The van der Waals surface area contributed by atoms with Crippen molar-refractivity contribution in [3.8, 4) is 0 Å². The van der Waals surface area contributed by atoms with Crippen LogP contribution in [0.3, 0.4) is 0 Å². The van der Waals surface area contributed by atoms with E-state index in [1.807, 2.05) is 6.92 Å². The van der Waals surface area contributed by atoms with Gasteiger partial charge in [0, 0.05) is 26.7 Å². The van der Waals surface area contributed by atoms with E-state index in [-0.39, 0.29) is 37.5 Å². The molecule has 116 valence electrons. The van der Waals surface area contributed by atoms with Crippen molar-refractivity contribution in [2.24, 2.45) is 5.73 Å². The Hall–Kier alpha value is -1.18. The molecule has 0 aromatic rings. The quantitative estimate of drug-likeness (QED) is 0.633. The molecule has 0 aliphatic carbocycles. The van der Waals surface area contributed by atoms with E-state index in [4.69, 9.17) is 15.2 Å². The van der Waals surface area contributed by atoms with Crippen LogP contribution in [0.4, 0.5) is 0 Å². The van der Waals surface area contributed by atoms with Gasteiger partial charge in [0.25, 0.3) is 0 Å². The van der Waals surface area contributed by atoms with Crippen LogP contribution < -0.4 is 11.1 Å². The zero-order chi connectivity index (χ0) is 15.0. The van der Waals surface area contributed by atoms with Crippen LogP contribution in [-0.4, -0.2) is 68.8 Å². The van der Waals surface area contributed by atoms with E-state index in [9.17, 15) is 9.59 Å². The molecular weight excluding hydrogens is 262 g/mol. The van der Waals surface area contributed by atoms with Crippen molar-refractivity contribution in [3.05, 3.63) is 0 Å². The summed E-state index contributed by atoms with van der Waals surface area (Å²) < 4.78 is 10.4. The van der Waals surface area contributed by atoms with Gasteiger partial charge in [-0.2, -0.15) is 0 Å². The fourth-order valence-electron chi connectivity index (χ4n) is 2.06. The van der Waals surface area contributed by atoms with Crippen LogP contribution in [0.25, 0.3) is 0 Å². The zero-order valence-corrected chi connectivity index (χ0v) is 12.3. The first-order chi connectivity index (χ1) is 9.63. The Labute approximate surface area is 119 Å². The number of nitrogens with zero attached hydrogens (tertiary/aromatic N) is 1. The van der Waals surface area contributed by atoms with Crippen LogP contribution in [0.15, 0.2) is 0 Å². The average molecular weight is 287 g/mol. The molecule has 20 heavy (non-hydrogen) atoms. The molecule has 1 aliphatic heterocycles. The average Bonchev–Trinajstić information content (AvgIpc) is 2.49. The minimum Gasteiger partial charge on any atom is -0.380 e. The monoisotopic (exact) mass is 287 g/mol. The predicted octanol–water partition coefficient (Wildman–Crippen LogP) is -0.896. The number of rotatable bonds is 7. The first-order valence-electron chi connectivity index (χ1n) is 7.01. The maximum atomic E-state index is 12.3. The van der Waals surface area contributed by atoms with Crippen molar-refractivity contribution < 1.29 is 19.1 Å². The Morgan fingerprint density at radius 3 is 2.90 bits per heavy atom. The topological polar surface area (TPSA) is 93.9 Å². The lowest BCUT2D eigenvalue weighted by Gasteiger charge is -2.35. The van der Waals surface area contributed by atoms with Crippen molar-refractivity contribution in [3.63, 3.8) is 0 Å². The van der Waals surface area contributed by atoms with Crippen molar-refractivity contribution in [1.29, 1.82) is 0 Å². The number of hydrogen-bond donors (Lipinski definition) is 2. The molecule has 2 atom stereocenters. The molecule has 1 heterocycles. The van der Waals surface area contributed by atoms with Crippen LogP contribution in [-0.2, 0) is 19.1 Å². The number of carbonyl (C=O) groups excluding carboxylic acids is 2. The Morgan fingerprint density at radius 1 is 1.55 bits per heavy atom. The maximum absolute atomic E-state index is 12.3. The van der Waals surface area contributed by atoms with E-state index in [0.29, 0.717) is 19.7 Å². The van der Waals surface area contributed by atoms with Gasteiger partial charge in [0.15, 0.2) is 0 Å². The molecule has 1 fully saturated rings. The second-order valence-corrected chi connectivity index (χ2v) is 4.77. The molecular formula is C13H25N3O4. The minimum absolute atomic E-state index is 0.123. The summed E-state index contributed by atoms with van der Waals surface area (Å²) in [6.45, 7) is 3.96. The molecule has 7 nitrogen and oxygen atoms in total. The lowest BCUT2D eigenvalue weighted by atomic mass is 10.1. The summed E-state index contributed by atoms with van der Waals surface area (Å²) in [5.41, 5.74) is 5.52. The highest BCUT2D eigenvalue weighted by Gasteiger charge is 2.33. The third-order valence-electron chi connectivity index (χ3n) is 3.30. The van der Waals surface area contributed by atoms with Gasteiger partial charge in [0.1, 0.15) is 6.04 Å². The fourth-order valence-corrected chi connectivity index (χ4v) is 2.06. The Morgan fingerprint density at radius 2 is 2.30 bits per heavy atom. The molecule has 0 aromatic carbocycles. The second-order valence-electron chi connectivity index (χ2n) is 4.77. The largest absolute Gasteiger partial charge is 0.380 e. The van der Waals surface area contributed by atoms with Gasteiger partial charge >= 0.3 is 0 Å². The fraction of sp³-hybridized carbons (Fsp3) is 0.846. The number of nitrogens with one attached hydrogen (secondary N) is 1. The summed E-state index contributed by atoms with van der Waals surface area (Å²) in [7, 11) is 1.52. The smallest absolute Gasteiger partial charge is 0.245 e. The van der Waals surface area contributed by atoms with Crippen molar-refractivity contribution in [2.75, 3.05) is 40.0 Å². The summed E-state index contributed by atoms with van der Waals surface area (Å²) in [4.78, 5) is 25.9. The second kappa shape index (κ2) is 8.89. The normalized spacial score (nSPS) is 20.6. The summed E-state index contributed by atoms with van der Waals surface area (Å²) >= 11 is 0. The molecule has 1 aliphatic rings. The first kappa shape index (κ1) is 16.9. The highest BCUT2D eigenvalue weighted by atomic mass is 16.5. The van der Waals surface area contributed by atoms with Gasteiger partial charge in [-0.3, -0.25) is 9.59 Å². The number of methoxy groups -OCH3 is 1. The summed E-state index contributed by atoms with van der Waals surface area (Å²) in [5.74, 6) is -0.288. The van der Waals surface area contributed by atoms with Crippen molar-refractivity contribution in [1.82, 2.24) is 10.2 Å². The van der Waals surface area contributed by atoms with Crippen LogP contribution in [0.2, 0.25) is 0 Å².